The number of carbonyl (C=O) groups excluding carboxylic acids is 1. The van der Waals surface area contributed by atoms with Crippen molar-refractivity contribution in [1.29, 1.82) is 0 Å². The number of carbonyl (C=O) groups is 1. The minimum atomic E-state index is -1.04. The van der Waals surface area contributed by atoms with Crippen molar-refractivity contribution in [3.8, 4) is 17.4 Å². The van der Waals surface area contributed by atoms with Gasteiger partial charge in [-0.05, 0) is 32.0 Å². The summed E-state index contributed by atoms with van der Waals surface area (Å²) in [6.07, 6.45) is 0. The Kier molecular flexibility index (Phi) is 5.60. The summed E-state index contributed by atoms with van der Waals surface area (Å²) < 4.78 is 4.56. The van der Waals surface area contributed by atoms with E-state index in [-0.39, 0.29) is 35.1 Å². The maximum atomic E-state index is 11.8. The molecular formula is C15H15ClN2O6. The van der Waals surface area contributed by atoms with Crippen molar-refractivity contribution in [1.82, 2.24) is 0 Å². The highest BCUT2D eigenvalue weighted by atomic mass is 35.5. The van der Waals surface area contributed by atoms with Crippen molar-refractivity contribution in [2.24, 2.45) is 4.99 Å². The van der Waals surface area contributed by atoms with Crippen LogP contribution in [0.2, 0.25) is 0 Å². The van der Waals surface area contributed by atoms with Crippen LogP contribution in [0.25, 0.3) is 0 Å². The number of halogens is 1. The van der Waals surface area contributed by atoms with E-state index >= 15 is 0 Å². The normalized spacial score (nSPS) is 11.0. The van der Waals surface area contributed by atoms with Crippen molar-refractivity contribution in [2.75, 3.05) is 5.73 Å². The number of aromatic hydroxyl groups is 3. The van der Waals surface area contributed by atoms with Gasteiger partial charge in [0.2, 0.25) is 0 Å². The maximum absolute atomic E-state index is 11.8. The Labute approximate surface area is 142 Å². The minimum absolute atomic E-state index is 0. The quantitative estimate of drug-likeness (QED) is 0.285. The van der Waals surface area contributed by atoms with Gasteiger partial charge in [-0.3, -0.25) is 9.79 Å². The monoisotopic (exact) mass is 354 g/mol. The molecule has 0 saturated carbocycles. The fraction of sp³-hybridized carbons (Fsp3) is 0.133. The first-order chi connectivity index (χ1) is 10.7. The van der Waals surface area contributed by atoms with Crippen molar-refractivity contribution >= 4 is 35.3 Å². The van der Waals surface area contributed by atoms with Crippen LogP contribution in [0.1, 0.15) is 29.8 Å². The number of aliphatic imine (C=N–C) groups is 1. The lowest BCUT2D eigenvalue weighted by Gasteiger charge is -2.08. The van der Waals surface area contributed by atoms with E-state index in [9.17, 15) is 24.9 Å². The number of Topliss-reactive ketones (excluding diaryl/α,β-unsaturated/α-hetero) is 1. The number of nitrogens with zero attached hydrogens (tertiary/aromatic N) is 1. The molecule has 0 unspecified atom stereocenters. The minimum Gasteiger partial charge on any atom is -0.506 e. The molecule has 2 rings (SSSR count). The molecule has 1 heterocycles. The second-order valence-corrected chi connectivity index (χ2v) is 4.79. The molecule has 1 aromatic carbocycles. The number of hydrogen-bond acceptors (Lipinski definition) is 8. The number of nitrogen functional groups attached to an aromatic ring is 1. The standard InChI is InChI=1S/C15H14N2O6.ClH/c1-6(17-8-3-4-10(19)9(16)5-8)11-13(20)12(7(2)18)15(22)23-14(11)21;/h3-5,19-20,22H,16H2,1-2H3;1H. The second-order valence-electron chi connectivity index (χ2n) is 4.79. The Hall–Kier alpha value is -3.00. The molecule has 2 aromatic rings. The van der Waals surface area contributed by atoms with Crippen molar-refractivity contribution in [3.63, 3.8) is 0 Å². The lowest BCUT2D eigenvalue weighted by molar-refractivity contribution is 0.100. The number of rotatable bonds is 3. The Morgan fingerprint density at radius 2 is 1.79 bits per heavy atom. The van der Waals surface area contributed by atoms with Crippen LogP contribution >= 0.6 is 12.4 Å². The zero-order valence-electron chi connectivity index (χ0n) is 12.7. The van der Waals surface area contributed by atoms with Crippen LogP contribution in [0.5, 0.6) is 17.4 Å². The summed E-state index contributed by atoms with van der Waals surface area (Å²) in [7, 11) is 0. The van der Waals surface area contributed by atoms with Gasteiger partial charge in [-0.15, -0.1) is 12.4 Å². The molecule has 0 aliphatic carbocycles. The molecule has 8 nitrogen and oxygen atoms in total. The number of ketones is 1. The van der Waals surface area contributed by atoms with E-state index in [1.807, 2.05) is 0 Å². The van der Waals surface area contributed by atoms with Gasteiger partial charge < -0.3 is 25.5 Å². The molecule has 5 N–H and O–H groups in total. The fourth-order valence-electron chi connectivity index (χ4n) is 2.01. The Balaban J connectivity index is 0.00000288. The number of benzene rings is 1. The first kappa shape index (κ1) is 19.0. The zero-order valence-corrected chi connectivity index (χ0v) is 13.5. The van der Waals surface area contributed by atoms with Gasteiger partial charge in [0.25, 0.3) is 5.95 Å². The SMILES string of the molecule is CC(=O)c1c(O)oc(=O)c(C(C)=Nc2ccc(O)c(N)c2)c1O.Cl. The molecule has 24 heavy (non-hydrogen) atoms. The molecule has 0 amide bonds. The van der Waals surface area contributed by atoms with Crippen LogP contribution in [-0.2, 0) is 0 Å². The number of nitrogens with two attached hydrogens (primary N) is 1. The third-order valence-corrected chi connectivity index (χ3v) is 3.10. The van der Waals surface area contributed by atoms with Crippen LogP contribution in [0, 0.1) is 0 Å². The van der Waals surface area contributed by atoms with Gasteiger partial charge in [0.05, 0.1) is 17.1 Å². The highest BCUT2D eigenvalue weighted by Gasteiger charge is 2.23. The first-order valence-electron chi connectivity index (χ1n) is 6.46. The van der Waals surface area contributed by atoms with Gasteiger partial charge in [0.15, 0.2) is 5.78 Å². The van der Waals surface area contributed by atoms with E-state index < -0.39 is 28.7 Å². The van der Waals surface area contributed by atoms with Crippen LogP contribution in [-0.4, -0.2) is 26.8 Å². The van der Waals surface area contributed by atoms with Crippen molar-refractivity contribution in [2.45, 2.75) is 13.8 Å². The highest BCUT2D eigenvalue weighted by molar-refractivity contribution is 6.07. The van der Waals surface area contributed by atoms with E-state index in [4.69, 9.17) is 5.73 Å². The number of anilines is 1. The molecule has 0 bridgehead atoms. The van der Waals surface area contributed by atoms with E-state index in [0.717, 1.165) is 6.92 Å². The number of phenolic OH excluding ortho intramolecular Hbond substituents is 1. The lowest BCUT2D eigenvalue weighted by Crippen LogP contribution is -2.15. The first-order valence-corrected chi connectivity index (χ1v) is 6.46. The molecule has 0 aliphatic heterocycles. The highest BCUT2D eigenvalue weighted by Crippen LogP contribution is 2.30. The summed E-state index contributed by atoms with van der Waals surface area (Å²) in [5.41, 5.74) is 4.11. The van der Waals surface area contributed by atoms with Crippen LogP contribution in [0.15, 0.2) is 32.4 Å². The van der Waals surface area contributed by atoms with Gasteiger partial charge in [0, 0.05) is 0 Å². The third-order valence-electron chi connectivity index (χ3n) is 3.10. The summed E-state index contributed by atoms with van der Waals surface area (Å²) in [4.78, 5) is 27.4. The van der Waals surface area contributed by atoms with Crippen LogP contribution in [0.4, 0.5) is 11.4 Å². The van der Waals surface area contributed by atoms with Crippen molar-refractivity contribution in [3.05, 3.63) is 39.7 Å². The zero-order chi connectivity index (χ0) is 17.3. The second kappa shape index (κ2) is 7.05. The van der Waals surface area contributed by atoms with Gasteiger partial charge in [-0.2, -0.15) is 0 Å². The summed E-state index contributed by atoms with van der Waals surface area (Å²) in [5.74, 6) is -2.45. The molecule has 0 fully saturated rings. The largest absolute Gasteiger partial charge is 0.506 e. The van der Waals surface area contributed by atoms with Gasteiger partial charge in [-0.1, -0.05) is 0 Å². The van der Waals surface area contributed by atoms with Crippen LogP contribution in [0.3, 0.4) is 0 Å². The van der Waals surface area contributed by atoms with E-state index in [1.165, 1.54) is 25.1 Å². The Morgan fingerprint density at radius 3 is 2.33 bits per heavy atom. The molecule has 1 aromatic heterocycles. The smallest absolute Gasteiger partial charge is 0.351 e. The van der Waals surface area contributed by atoms with Gasteiger partial charge in [-0.25, -0.2) is 4.79 Å². The molecular weight excluding hydrogens is 340 g/mol. The van der Waals surface area contributed by atoms with Crippen LogP contribution < -0.4 is 11.4 Å². The third kappa shape index (κ3) is 3.49. The fourth-order valence-corrected chi connectivity index (χ4v) is 2.01. The Morgan fingerprint density at radius 1 is 1.17 bits per heavy atom. The van der Waals surface area contributed by atoms with Crippen molar-refractivity contribution < 1.29 is 24.5 Å². The summed E-state index contributed by atoms with van der Waals surface area (Å²) >= 11 is 0. The Bertz CT molecular complexity index is 888. The molecule has 0 atom stereocenters. The molecule has 0 aliphatic rings. The summed E-state index contributed by atoms with van der Waals surface area (Å²) in [5, 5.41) is 28.9. The van der Waals surface area contributed by atoms with Gasteiger partial charge >= 0.3 is 5.63 Å². The maximum Gasteiger partial charge on any atom is 0.351 e. The molecule has 9 heteroatoms. The summed E-state index contributed by atoms with van der Waals surface area (Å²) in [6.45, 7) is 2.52. The molecule has 0 spiro atoms. The summed E-state index contributed by atoms with van der Waals surface area (Å²) in [6, 6.07) is 4.13. The predicted molar refractivity (Wildman–Crippen MR) is 90.0 cm³/mol. The number of hydrogen-bond donors (Lipinski definition) is 4. The topological polar surface area (TPSA) is 146 Å². The average Bonchev–Trinajstić information content (AvgIpc) is 2.41. The predicted octanol–water partition coefficient (Wildman–Crippen LogP) is 2.10. The molecule has 128 valence electrons. The average molecular weight is 355 g/mol. The lowest BCUT2D eigenvalue weighted by atomic mass is 10.1. The van der Waals surface area contributed by atoms with E-state index in [0.29, 0.717) is 5.69 Å². The van der Waals surface area contributed by atoms with E-state index in [1.54, 1.807) is 0 Å². The molecule has 0 saturated heterocycles. The number of phenols is 1. The van der Waals surface area contributed by atoms with Gasteiger partial charge in [0.1, 0.15) is 22.6 Å². The molecule has 0 radical (unpaired) electrons. The van der Waals surface area contributed by atoms with E-state index in [2.05, 4.69) is 9.41 Å².